The summed E-state index contributed by atoms with van der Waals surface area (Å²) in [5.41, 5.74) is 3.41. The van der Waals surface area contributed by atoms with E-state index in [1.807, 2.05) is 50.2 Å². The van der Waals surface area contributed by atoms with E-state index in [1.165, 1.54) is 14.2 Å². The number of methoxy groups -OCH3 is 2. The number of oxazole rings is 1. The van der Waals surface area contributed by atoms with Crippen molar-refractivity contribution in [3.63, 3.8) is 0 Å². The minimum Gasteiger partial charge on any atom is -0.502 e. The van der Waals surface area contributed by atoms with Crippen LogP contribution in [0.5, 0.6) is 17.2 Å². The third kappa shape index (κ3) is 3.95. The summed E-state index contributed by atoms with van der Waals surface area (Å²) >= 11 is 0. The van der Waals surface area contributed by atoms with Crippen molar-refractivity contribution in [3.8, 4) is 40.0 Å². The molecule has 0 radical (unpaired) electrons. The lowest BCUT2D eigenvalue weighted by atomic mass is 10.1. The molecule has 0 atom stereocenters. The zero-order valence-corrected chi connectivity index (χ0v) is 16.8. The van der Waals surface area contributed by atoms with Crippen LogP contribution in [0.3, 0.4) is 0 Å². The molecule has 27 heavy (non-hydrogen) atoms. The Bertz CT molecular complexity index is 895. The first-order valence-corrected chi connectivity index (χ1v) is 8.15. The summed E-state index contributed by atoms with van der Waals surface area (Å²) in [6, 6.07) is 11.4. The van der Waals surface area contributed by atoms with Crippen LogP contribution in [0.4, 0.5) is 5.69 Å². The number of rotatable bonds is 5. The molecule has 3 rings (SSSR count). The van der Waals surface area contributed by atoms with Gasteiger partial charge in [0, 0.05) is 30.9 Å². The average Bonchev–Trinajstić information content (AvgIpc) is 3.03. The van der Waals surface area contributed by atoms with Gasteiger partial charge in [0.05, 0.1) is 14.2 Å². The van der Waals surface area contributed by atoms with Crippen LogP contribution in [-0.4, -0.2) is 38.4 Å². The van der Waals surface area contributed by atoms with Gasteiger partial charge in [-0.05, 0) is 43.3 Å². The molecule has 1 aromatic heterocycles. The molecule has 0 saturated carbocycles. The number of phenols is 1. The number of halogens is 1. The largest absolute Gasteiger partial charge is 0.502 e. The molecule has 0 amide bonds. The highest BCUT2D eigenvalue weighted by molar-refractivity contribution is 5.85. The molecule has 1 heterocycles. The highest BCUT2D eigenvalue weighted by Gasteiger charge is 2.18. The average molecular weight is 391 g/mol. The first-order chi connectivity index (χ1) is 12.4. The molecule has 1 N–H and O–H groups in total. The van der Waals surface area contributed by atoms with Crippen molar-refractivity contribution in [2.75, 3.05) is 33.2 Å². The topological polar surface area (TPSA) is 68.0 Å². The van der Waals surface area contributed by atoms with Gasteiger partial charge in [0.25, 0.3) is 0 Å². The van der Waals surface area contributed by atoms with Gasteiger partial charge in [0.15, 0.2) is 11.5 Å². The summed E-state index contributed by atoms with van der Waals surface area (Å²) in [7, 11) is 6.97. The van der Waals surface area contributed by atoms with E-state index in [0.717, 1.165) is 16.8 Å². The van der Waals surface area contributed by atoms with Crippen LogP contribution < -0.4 is 14.4 Å². The van der Waals surface area contributed by atoms with Crippen molar-refractivity contribution in [1.82, 2.24) is 4.98 Å². The maximum atomic E-state index is 10.1. The van der Waals surface area contributed by atoms with E-state index in [2.05, 4.69) is 4.98 Å². The first-order valence-electron chi connectivity index (χ1n) is 8.15. The third-order valence-electron chi connectivity index (χ3n) is 4.18. The van der Waals surface area contributed by atoms with Gasteiger partial charge in [-0.3, -0.25) is 0 Å². The predicted octanol–water partition coefficient (Wildman–Crippen LogP) is 4.53. The second-order valence-corrected chi connectivity index (χ2v) is 6.09. The number of ether oxygens (including phenoxy) is 2. The van der Waals surface area contributed by atoms with Crippen molar-refractivity contribution in [1.29, 1.82) is 0 Å². The number of aromatic nitrogens is 1. The molecule has 0 spiro atoms. The Morgan fingerprint density at radius 2 is 1.52 bits per heavy atom. The molecule has 2 aromatic carbocycles. The van der Waals surface area contributed by atoms with E-state index in [0.29, 0.717) is 28.8 Å². The van der Waals surface area contributed by atoms with Crippen LogP contribution in [0.2, 0.25) is 0 Å². The lowest BCUT2D eigenvalue weighted by Crippen LogP contribution is -2.07. The third-order valence-corrected chi connectivity index (χ3v) is 4.18. The minimum atomic E-state index is -0.0422. The summed E-state index contributed by atoms with van der Waals surface area (Å²) in [5.74, 6) is 1.80. The Balaban J connectivity index is 0.00000261. The second kappa shape index (κ2) is 8.22. The normalized spacial score (nSPS) is 10.3. The predicted molar refractivity (Wildman–Crippen MR) is 108 cm³/mol. The summed E-state index contributed by atoms with van der Waals surface area (Å²) in [4.78, 5) is 6.67. The fraction of sp³-hybridized carbons (Fsp3) is 0.250. The summed E-state index contributed by atoms with van der Waals surface area (Å²) in [6.07, 6.45) is 0. The number of nitrogens with zero attached hydrogens (tertiary/aromatic N) is 2. The first kappa shape index (κ1) is 20.5. The Hall–Kier alpha value is -2.86. The van der Waals surface area contributed by atoms with Gasteiger partial charge in [-0.25, -0.2) is 4.98 Å². The Kier molecular flexibility index (Phi) is 6.23. The molecule has 0 bridgehead atoms. The standard InChI is InChI=1S/C20H22N2O4.ClH/c1-12-18(14-10-16(24-4)19(23)17(11-14)25-5)21-20(26-12)13-6-8-15(9-7-13)22(2)3;/h6-11,23H,1-5H3;1H. The van der Waals surface area contributed by atoms with Gasteiger partial charge >= 0.3 is 0 Å². The molecule has 0 saturated heterocycles. The van der Waals surface area contributed by atoms with Crippen LogP contribution in [0.15, 0.2) is 40.8 Å². The SMILES string of the molecule is COc1cc(-c2nc(-c3ccc(N(C)C)cc3)oc2C)cc(OC)c1O.Cl. The van der Waals surface area contributed by atoms with Gasteiger partial charge in [-0.15, -0.1) is 12.4 Å². The van der Waals surface area contributed by atoms with E-state index in [1.54, 1.807) is 12.1 Å². The van der Waals surface area contributed by atoms with Crippen molar-refractivity contribution < 1.29 is 19.0 Å². The lowest BCUT2D eigenvalue weighted by molar-refractivity contribution is 0.340. The van der Waals surface area contributed by atoms with E-state index < -0.39 is 0 Å². The zero-order valence-electron chi connectivity index (χ0n) is 15.9. The van der Waals surface area contributed by atoms with Gasteiger partial charge < -0.3 is 23.9 Å². The molecule has 144 valence electrons. The lowest BCUT2D eigenvalue weighted by Gasteiger charge is -2.11. The molecule has 3 aromatic rings. The minimum absolute atomic E-state index is 0. The van der Waals surface area contributed by atoms with Gasteiger partial charge in [-0.1, -0.05) is 0 Å². The van der Waals surface area contributed by atoms with E-state index in [9.17, 15) is 5.11 Å². The van der Waals surface area contributed by atoms with Gasteiger partial charge in [-0.2, -0.15) is 0 Å². The molecule has 6 nitrogen and oxygen atoms in total. The molecule has 0 fully saturated rings. The van der Waals surface area contributed by atoms with Gasteiger partial charge in [0.1, 0.15) is 11.5 Å². The van der Waals surface area contributed by atoms with Crippen LogP contribution in [0, 0.1) is 6.92 Å². The number of benzene rings is 2. The Morgan fingerprint density at radius 1 is 0.963 bits per heavy atom. The number of aryl methyl sites for hydroxylation is 1. The van der Waals surface area contributed by atoms with E-state index in [-0.39, 0.29) is 18.2 Å². The fourth-order valence-corrected chi connectivity index (χ4v) is 2.72. The molecule has 0 aliphatic rings. The van der Waals surface area contributed by atoms with Crippen molar-refractivity contribution in [2.24, 2.45) is 0 Å². The maximum absolute atomic E-state index is 10.1. The van der Waals surface area contributed by atoms with Crippen LogP contribution in [0.1, 0.15) is 5.76 Å². The smallest absolute Gasteiger partial charge is 0.226 e. The second-order valence-electron chi connectivity index (χ2n) is 6.09. The zero-order chi connectivity index (χ0) is 18.8. The van der Waals surface area contributed by atoms with Crippen molar-refractivity contribution in [2.45, 2.75) is 6.92 Å². The number of hydrogen-bond acceptors (Lipinski definition) is 6. The van der Waals surface area contributed by atoms with Crippen LogP contribution in [-0.2, 0) is 0 Å². The summed E-state index contributed by atoms with van der Waals surface area (Å²) in [5, 5.41) is 10.1. The summed E-state index contributed by atoms with van der Waals surface area (Å²) < 4.78 is 16.3. The highest BCUT2D eigenvalue weighted by atomic mass is 35.5. The fourth-order valence-electron chi connectivity index (χ4n) is 2.72. The number of aromatic hydroxyl groups is 1. The number of phenolic OH excluding ortho intramolecular Hbond substituents is 1. The monoisotopic (exact) mass is 390 g/mol. The highest BCUT2D eigenvalue weighted by Crippen LogP contribution is 2.41. The molecule has 7 heteroatoms. The molecular formula is C20H23ClN2O4. The molecular weight excluding hydrogens is 368 g/mol. The van der Waals surface area contributed by atoms with Gasteiger partial charge in [0.2, 0.25) is 11.6 Å². The van der Waals surface area contributed by atoms with Crippen molar-refractivity contribution in [3.05, 3.63) is 42.2 Å². The maximum Gasteiger partial charge on any atom is 0.226 e. The van der Waals surface area contributed by atoms with Crippen LogP contribution in [0.25, 0.3) is 22.7 Å². The van der Waals surface area contributed by atoms with Crippen molar-refractivity contribution >= 4 is 18.1 Å². The molecule has 0 unspecified atom stereocenters. The summed E-state index contributed by atoms with van der Waals surface area (Å²) in [6.45, 7) is 1.85. The number of hydrogen-bond donors (Lipinski definition) is 1. The van der Waals surface area contributed by atoms with Crippen LogP contribution >= 0.6 is 12.4 Å². The quantitative estimate of drug-likeness (QED) is 0.690. The Morgan fingerprint density at radius 3 is 2.00 bits per heavy atom. The molecule has 0 aliphatic heterocycles. The van der Waals surface area contributed by atoms with E-state index in [4.69, 9.17) is 13.9 Å². The van der Waals surface area contributed by atoms with E-state index >= 15 is 0 Å². The molecule has 0 aliphatic carbocycles. The Labute approximate surface area is 164 Å². The number of anilines is 1.